The van der Waals surface area contributed by atoms with Crippen molar-refractivity contribution in [3.8, 4) is 5.88 Å². The van der Waals surface area contributed by atoms with E-state index in [1.54, 1.807) is 18.2 Å². The number of ether oxygens (including phenoxy) is 1. The molecule has 10 heteroatoms. The van der Waals surface area contributed by atoms with Gasteiger partial charge in [0.15, 0.2) is 0 Å². The molecule has 5 N–H and O–H groups in total. The van der Waals surface area contributed by atoms with Crippen LogP contribution < -0.4 is 15.8 Å². The topological polar surface area (TPSA) is 122 Å². The zero-order valence-corrected chi connectivity index (χ0v) is 16.2. The van der Waals surface area contributed by atoms with E-state index in [4.69, 9.17) is 27.2 Å². The molecule has 0 saturated carbocycles. The number of halogens is 2. The van der Waals surface area contributed by atoms with Crippen LogP contribution in [0.5, 0.6) is 5.88 Å². The number of rotatable bonds is 6. The third-order valence-corrected chi connectivity index (χ3v) is 3.53. The molecular weight excluding hydrogens is 387 g/mol. The van der Waals surface area contributed by atoms with Gasteiger partial charge in [0, 0.05) is 12.7 Å². The zero-order chi connectivity index (χ0) is 20.5. The Morgan fingerprint density at radius 3 is 2.64 bits per heavy atom. The Morgan fingerprint density at radius 1 is 1.32 bits per heavy atom. The van der Waals surface area contributed by atoms with Gasteiger partial charge >= 0.3 is 0 Å². The van der Waals surface area contributed by atoms with Gasteiger partial charge in [0.2, 0.25) is 11.8 Å². The van der Waals surface area contributed by atoms with Crippen molar-refractivity contribution in [2.45, 2.75) is 26.4 Å². The van der Waals surface area contributed by atoms with E-state index in [1.807, 2.05) is 13.8 Å². The summed E-state index contributed by atoms with van der Waals surface area (Å²) in [6.45, 7) is 3.96. The molecule has 0 unspecified atom stereocenters. The lowest BCUT2D eigenvalue weighted by molar-refractivity contribution is 0.232. The second-order valence-electron chi connectivity index (χ2n) is 5.94. The first-order valence-electron chi connectivity index (χ1n) is 8.49. The number of aliphatic hydroxyl groups excluding tert-OH is 1. The van der Waals surface area contributed by atoms with Crippen LogP contribution in [0, 0.1) is 5.82 Å². The molecule has 0 aliphatic heterocycles. The van der Waals surface area contributed by atoms with Crippen LogP contribution in [-0.2, 0) is 6.42 Å². The minimum Gasteiger partial charge on any atom is -0.474 e. The molecule has 0 fully saturated rings. The summed E-state index contributed by atoms with van der Waals surface area (Å²) in [4.78, 5) is 7.96. The Morgan fingerprint density at radius 2 is 2.04 bits per heavy atom. The van der Waals surface area contributed by atoms with Gasteiger partial charge in [-0.25, -0.2) is 9.37 Å². The van der Waals surface area contributed by atoms with Crippen LogP contribution in [0.3, 0.4) is 0 Å². The van der Waals surface area contributed by atoms with E-state index in [-0.39, 0.29) is 24.3 Å². The van der Waals surface area contributed by atoms with Gasteiger partial charge in [-0.1, -0.05) is 23.7 Å². The zero-order valence-electron chi connectivity index (χ0n) is 15.5. The highest BCUT2D eigenvalue weighted by Crippen LogP contribution is 2.20. The number of nitrogens with zero attached hydrogens (tertiary/aromatic N) is 3. The molecule has 2 aromatic heterocycles. The van der Waals surface area contributed by atoms with Crippen LogP contribution >= 0.6 is 11.6 Å². The maximum absolute atomic E-state index is 12.3. The second-order valence-corrected chi connectivity index (χ2v) is 6.35. The average Bonchev–Trinajstić information content (AvgIpc) is 3.07. The van der Waals surface area contributed by atoms with Crippen LogP contribution in [0.15, 0.2) is 36.5 Å². The van der Waals surface area contributed by atoms with Gasteiger partial charge in [-0.15, -0.1) is 5.10 Å². The Kier molecular flexibility index (Phi) is 7.97. The quantitative estimate of drug-likeness (QED) is 0.493. The minimum atomic E-state index is -0.235. The molecule has 0 atom stereocenters. The molecule has 1 aromatic carbocycles. The third kappa shape index (κ3) is 7.01. The number of nitrogens with one attached hydrogen (secondary N) is 2. The molecule has 0 spiro atoms. The third-order valence-electron chi connectivity index (χ3n) is 3.24. The van der Waals surface area contributed by atoms with E-state index >= 15 is 0 Å². The van der Waals surface area contributed by atoms with Crippen molar-refractivity contribution in [1.82, 2.24) is 20.2 Å². The first kappa shape index (κ1) is 21.4. The van der Waals surface area contributed by atoms with Gasteiger partial charge < -0.3 is 20.9 Å². The largest absolute Gasteiger partial charge is 0.474 e. The fourth-order valence-electron chi connectivity index (χ4n) is 2.01. The smallest absolute Gasteiger partial charge is 0.234 e. The monoisotopic (exact) mass is 408 g/mol. The summed E-state index contributed by atoms with van der Waals surface area (Å²) in [6, 6.07) is 7.83. The van der Waals surface area contributed by atoms with E-state index < -0.39 is 0 Å². The molecule has 8 nitrogen and oxygen atoms in total. The highest BCUT2D eigenvalue weighted by Gasteiger charge is 2.06. The van der Waals surface area contributed by atoms with Gasteiger partial charge in [-0.2, -0.15) is 4.98 Å². The van der Waals surface area contributed by atoms with Gasteiger partial charge in [-0.3, -0.25) is 5.10 Å². The standard InChI is InChI=1S/C10H13ClN6O.C8H9FO/c1-5(2)18-8-3-7(16-17-8)14-10-13-4-6(11)9(12)15-10;9-8-3-1-7(2-4-8)5-6-10/h3-5H,1-2H3,(H4,12,13,14,15,16,17);1-4,10H,5-6H2. The predicted octanol–water partition coefficient (Wildman–Crippen LogP) is 3.33. The summed E-state index contributed by atoms with van der Waals surface area (Å²) >= 11 is 5.73. The van der Waals surface area contributed by atoms with Crippen molar-refractivity contribution in [3.05, 3.63) is 52.9 Å². The molecule has 150 valence electrons. The molecule has 3 aromatic rings. The van der Waals surface area contributed by atoms with Gasteiger partial charge in [0.05, 0.1) is 12.3 Å². The van der Waals surface area contributed by atoms with E-state index in [0.717, 1.165) is 5.56 Å². The van der Waals surface area contributed by atoms with E-state index in [0.29, 0.717) is 29.1 Å². The molecular formula is C18H22ClFN6O2. The summed E-state index contributed by atoms with van der Waals surface area (Å²) in [7, 11) is 0. The molecule has 28 heavy (non-hydrogen) atoms. The maximum Gasteiger partial charge on any atom is 0.234 e. The van der Waals surface area contributed by atoms with Crippen LogP contribution in [0.1, 0.15) is 19.4 Å². The number of H-pyrrole nitrogens is 1. The summed E-state index contributed by atoms with van der Waals surface area (Å²) in [5.74, 6) is 1.41. The number of aliphatic hydroxyl groups is 1. The van der Waals surface area contributed by atoms with E-state index in [1.165, 1.54) is 18.3 Å². The first-order valence-corrected chi connectivity index (χ1v) is 8.87. The number of aromatic amines is 1. The summed E-state index contributed by atoms with van der Waals surface area (Å²) in [6.07, 6.45) is 2.08. The fourth-order valence-corrected chi connectivity index (χ4v) is 2.10. The molecule has 0 aliphatic carbocycles. The van der Waals surface area contributed by atoms with Crippen molar-refractivity contribution >= 4 is 29.2 Å². The molecule has 0 saturated heterocycles. The van der Waals surface area contributed by atoms with Crippen LogP contribution in [0.25, 0.3) is 0 Å². The van der Waals surface area contributed by atoms with Crippen LogP contribution in [0.4, 0.5) is 22.0 Å². The van der Waals surface area contributed by atoms with E-state index in [2.05, 4.69) is 25.5 Å². The summed E-state index contributed by atoms with van der Waals surface area (Å²) in [5.41, 5.74) is 6.53. The number of aromatic nitrogens is 4. The van der Waals surface area contributed by atoms with Crippen LogP contribution in [0.2, 0.25) is 5.02 Å². The molecule has 0 radical (unpaired) electrons. The van der Waals surface area contributed by atoms with E-state index in [9.17, 15) is 4.39 Å². The maximum atomic E-state index is 12.3. The predicted molar refractivity (Wildman–Crippen MR) is 106 cm³/mol. The van der Waals surface area contributed by atoms with Gasteiger partial charge in [-0.05, 0) is 38.0 Å². The molecule has 3 rings (SSSR count). The van der Waals surface area contributed by atoms with Crippen molar-refractivity contribution in [2.24, 2.45) is 0 Å². The normalized spacial score (nSPS) is 10.4. The second kappa shape index (κ2) is 10.4. The number of benzene rings is 1. The van der Waals surface area contributed by atoms with Crippen LogP contribution in [-0.4, -0.2) is 38.0 Å². The Labute approximate surface area is 166 Å². The highest BCUT2D eigenvalue weighted by molar-refractivity contribution is 6.32. The number of hydrogen-bond acceptors (Lipinski definition) is 7. The number of nitrogen functional groups attached to an aromatic ring is 1. The van der Waals surface area contributed by atoms with Crippen molar-refractivity contribution in [1.29, 1.82) is 0 Å². The van der Waals surface area contributed by atoms with Crippen molar-refractivity contribution in [2.75, 3.05) is 17.7 Å². The lowest BCUT2D eigenvalue weighted by atomic mass is 10.2. The van der Waals surface area contributed by atoms with Crippen molar-refractivity contribution in [3.63, 3.8) is 0 Å². The van der Waals surface area contributed by atoms with Crippen molar-refractivity contribution < 1.29 is 14.2 Å². The summed E-state index contributed by atoms with van der Waals surface area (Å²) in [5, 5.41) is 18.4. The first-order chi connectivity index (χ1) is 13.4. The number of hydrogen-bond donors (Lipinski definition) is 4. The Balaban J connectivity index is 0.000000237. The SMILES string of the molecule is CC(C)Oc1cc(Nc2ncc(Cl)c(N)n2)[nH]n1.OCCc1ccc(F)cc1. The van der Waals surface area contributed by atoms with Gasteiger partial charge in [0.1, 0.15) is 22.5 Å². The molecule has 0 aliphatic rings. The van der Waals surface area contributed by atoms with Gasteiger partial charge in [0.25, 0.3) is 0 Å². The molecule has 0 amide bonds. The lowest BCUT2D eigenvalue weighted by Crippen LogP contribution is -2.05. The lowest BCUT2D eigenvalue weighted by Gasteiger charge is -2.04. The molecule has 0 bridgehead atoms. The Bertz CT molecular complexity index is 873. The number of nitrogens with two attached hydrogens (primary N) is 1. The Hall–Kier alpha value is -2.91. The summed E-state index contributed by atoms with van der Waals surface area (Å²) < 4.78 is 17.7. The average molecular weight is 409 g/mol. The highest BCUT2D eigenvalue weighted by atomic mass is 35.5. The number of anilines is 3. The fraction of sp³-hybridized carbons (Fsp3) is 0.278. The molecule has 2 heterocycles. The minimum absolute atomic E-state index is 0.0589.